The Kier molecular flexibility index (Phi) is 5.74. The number of carboxylic acid groups (broad SMARTS) is 1. The molecule has 0 aliphatic heterocycles. The second kappa shape index (κ2) is 6.83. The Balaban J connectivity index is 2.48. The molecule has 1 rings (SSSR count). The summed E-state index contributed by atoms with van der Waals surface area (Å²) in [6.45, 7) is 3.78. The number of thiophene rings is 1. The van der Waals surface area contributed by atoms with Gasteiger partial charge >= 0.3 is 5.97 Å². The summed E-state index contributed by atoms with van der Waals surface area (Å²) in [6, 6.07) is 1.98. The van der Waals surface area contributed by atoms with Gasteiger partial charge in [-0.1, -0.05) is 6.92 Å². The number of rotatable bonds is 6. The van der Waals surface area contributed by atoms with E-state index in [0.29, 0.717) is 0 Å². The minimum atomic E-state index is -0.935. The van der Waals surface area contributed by atoms with Gasteiger partial charge in [0, 0.05) is 22.0 Å². The summed E-state index contributed by atoms with van der Waals surface area (Å²) < 4.78 is 0. The van der Waals surface area contributed by atoms with Crippen molar-refractivity contribution in [3.8, 4) is 0 Å². The van der Waals surface area contributed by atoms with Crippen LogP contribution in [0.2, 0.25) is 0 Å². The molecule has 0 fully saturated rings. The van der Waals surface area contributed by atoms with Crippen molar-refractivity contribution >= 4 is 35.1 Å². The molecular weight excluding hydrogens is 256 g/mol. The molecule has 94 valence electrons. The molecule has 2 atom stereocenters. The summed E-state index contributed by atoms with van der Waals surface area (Å²) in [4.78, 5) is 11.5. The summed E-state index contributed by atoms with van der Waals surface area (Å²) in [6.07, 6.45) is 2.41. The molecule has 0 aliphatic carbocycles. The first-order valence-corrected chi connectivity index (χ1v) is 7.20. The molecule has 3 nitrogen and oxygen atoms in total. The SMILES string of the molecule is CC(O)C(C)SCc1cc(/C=C/C(=O)O)cs1. The zero-order chi connectivity index (χ0) is 12.8. The van der Waals surface area contributed by atoms with Gasteiger partial charge in [-0.3, -0.25) is 0 Å². The minimum Gasteiger partial charge on any atom is -0.478 e. The lowest BCUT2D eigenvalue weighted by Gasteiger charge is -2.12. The number of carboxylic acids is 1. The van der Waals surface area contributed by atoms with Gasteiger partial charge in [-0.2, -0.15) is 11.8 Å². The van der Waals surface area contributed by atoms with Crippen LogP contribution in [0.4, 0.5) is 0 Å². The maximum absolute atomic E-state index is 10.4. The van der Waals surface area contributed by atoms with E-state index in [1.165, 1.54) is 4.88 Å². The Morgan fingerprint density at radius 2 is 2.29 bits per heavy atom. The van der Waals surface area contributed by atoms with Crippen molar-refractivity contribution < 1.29 is 15.0 Å². The molecule has 0 amide bonds. The third kappa shape index (κ3) is 5.39. The molecule has 0 saturated carbocycles. The second-order valence-corrected chi connectivity index (χ2v) is 6.14. The average molecular weight is 272 g/mol. The first-order valence-electron chi connectivity index (χ1n) is 5.27. The highest BCUT2D eigenvalue weighted by molar-refractivity contribution is 7.99. The van der Waals surface area contributed by atoms with E-state index in [1.807, 2.05) is 18.4 Å². The van der Waals surface area contributed by atoms with Gasteiger partial charge in [0.1, 0.15) is 0 Å². The number of aliphatic hydroxyl groups is 1. The molecule has 1 aromatic rings. The standard InChI is InChI=1S/C12H16O3S2/c1-8(13)9(2)16-7-11-5-10(6-17-11)3-4-12(14)15/h3-6,8-9,13H,7H2,1-2H3,(H,14,15)/b4-3+. The van der Waals surface area contributed by atoms with Gasteiger partial charge in [0.2, 0.25) is 0 Å². The summed E-state index contributed by atoms with van der Waals surface area (Å²) >= 11 is 3.30. The maximum Gasteiger partial charge on any atom is 0.328 e. The van der Waals surface area contributed by atoms with Gasteiger partial charge in [-0.25, -0.2) is 4.79 Å². The highest BCUT2D eigenvalue weighted by Gasteiger charge is 2.09. The third-order valence-corrected chi connectivity index (χ3v) is 4.80. The van der Waals surface area contributed by atoms with E-state index in [0.717, 1.165) is 17.4 Å². The van der Waals surface area contributed by atoms with Crippen LogP contribution in [0, 0.1) is 0 Å². The molecule has 17 heavy (non-hydrogen) atoms. The van der Waals surface area contributed by atoms with Crippen LogP contribution < -0.4 is 0 Å². The lowest BCUT2D eigenvalue weighted by atomic mass is 10.3. The number of carbonyl (C=O) groups is 1. The van der Waals surface area contributed by atoms with Crippen LogP contribution >= 0.6 is 23.1 Å². The van der Waals surface area contributed by atoms with Crippen LogP contribution in [0.5, 0.6) is 0 Å². The highest BCUT2D eigenvalue weighted by atomic mass is 32.2. The minimum absolute atomic E-state index is 0.204. The normalized spacial score (nSPS) is 15.0. The first-order chi connectivity index (χ1) is 7.99. The van der Waals surface area contributed by atoms with Crippen LogP contribution in [-0.4, -0.2) is 27.5 Å². The zero-order valence-electron chi connectivity index (χ0n) is 9.79. The van der Waals surface area contributed by atoms with E-state index in [1.54, 1.807) is 36.1 Å². The van der Waals surface area contributed by atoms with Gasteiger partial charge in [-0.15, -0.1) is 11.3 Å². The predicted molar refractivity (Wildman–Crippen MR) is 73.4 cm³/mol. The quantitative estimate of drug-likeness (QED) is 0.782. The molecule has 0 saturated heterocycles. The number of hydrogen-bond donors (Lipinski definition) is 2. The Morgan fingerprint density at radius 1 is 1.59 bits per heavy atom. The van der Waals surface area contributed by atoms with Crippen LogP contribution in [0.3, 0.4) is 0 Å². The Morgan fingerprint density at radius 3 is 2.88 bits per heavy atom. The number of thioether (sulfide) groups is 1. The van der Waals surface area contributed by atoms with E-state index in [9.17, 15) is 9.90 Å². The average Bonchev–Trinajstić information content (AvgIpc) is 2.70. The second-order valence-electron chi connectivity index (χ2n) is 3.77. The van der Waals surface area contributed by atoms with Crippen LogP contribution in [0.15, 0.2) is 17.5 Å². The molecule has 0 aromatic carbocycles. The topological polar surface area (TPSA) is 57.5 Å². The van der Waals surface area contributed by atoms with Crippen molar-refractivity contribution in [3.63, 3.8) is 0 Å². The molecule has 0 aliphatic rings. The lowest BCUT2D eigenvalue weighted by Crippen LogP contribution is -2.15. The molecule has 0 radical (unpaired) electrons. The van der Waals surface area contributed by atoms with Gasteiger partial charge in [0.25, 0.3) is 0 Å². The third-order valence-electron chi connectivity index (χ3n) is 2.26. The van der Waals surface area contributed by atoms with Gasteiger partial charge in [0.05, 0.1) is 6.10 Å². The summed E-state index contributed by atoms with van der Waals surface area (Å²) in [5.74, 6) is -0.0904. The van der Waals surface area contributed by atoms with Crippen molar-refractivity contribution in [2.75, 3.05) is 0 Å². The molecule has 0 bridgehead atoms. The Hall–Kier alpha value is -0.780. The van der Waals surface area contributed by atoms with E-state index < -0.39 is 5.97 Å². The molecule has 2 unspecified atom stereocenters. The van der Waals surface area contributed by atoms with E-state index in [4.69, 9.17) is 5.11 Å². The number of aliphatic hydroxyl groups excluding tert-OH is 1. The fourth-order valence-electron chi connectivity index (χ4n) is 1.08. The lowest BCUT2D eigenvalue weighted by molar-refractivity contribution is -0.131. The van der Waals surface area contributed by atoms with E-state index in [-0.39, 0.29) is 11.4 Å². The predicted octanol–water partition coefficient (Wildman–Crippen LogP) is 2.85. The van der Waals surface area contributed by atoms with Crippen LogP contribution in [0.1, 0.15) is 24.3 Å². The molecule has 2 N–H and O–H groups in total. The van der Waals surface area contributed by atoms with Crippen molar-refractivity contribution in [3.05, 3.63) is 28.0 Å². The van der Waals surface area contributed by atoms with Gasteiger partial charge < -0.3 is 10.2 Å². The Labute approximate surface area is 109 Å². The Bertz CT molecular complexity index is 396. The highest BCUT2D eigenvalue weighted by Crippen LogP contribution is 2.25. The number of hydrogen-bond acceptors (Lipinski definition) is 4. The fourth-order valence-corrected chi connectivity index (χ4v) is 2.98. The largest absolute Gasteiger partial charge is 0.478 e. The summed E-state index contributed by atoms with van der Waals surface area (Å²) in [5, 5.41) is 20.0. The molecule has 1 heterocycles. The van der Waals surface area contributed by atoms with Gasteiger partial charge in [0.15, 0.2) is 0 Å². The van der Waals surface area contributed by atoms with Crippen molar-refractivity contribution in [1.82, 2.24) is 0 Å². The van der Waals surface area contributed by atoms with Crippen molar-refractivity contribution in [2.45, 2.75) is 31.0 Å². The molecular formula is C12H16O3S2. The van der Waals surface area contributed by atoms with Crippen molar-refractivity contribution in [2.24, 2.45) is 0 Å². The molecule has 1 aromatic heterocycles. The zero-order valence-corrected chi connectivity index (χ0v) is 11.4. The van der Waals surface area contributed by atoms with E-state index >= 15 is 0 Å². The van der Waals surface area contributed by atoms with E-state index in [2.05, 4.69) is 0 Å². The van der Waals surface area contributed by atoms with Crippen LogP contribution in [-0.2, 0) is 10.5 Å². The van der Waals surface area contributed by atoms with Crippen LogP contribution in [0.25, 0.3) is 6.08 Å². The van der Waals surface area contributed by atoms with Gasteiger partial charge in [-0.05, 0) is 30.0 Å². The smallest absolute Gasteiger partial charge is 0.328 e. The summed E-state index contributed by atoms with van der Waals surface area (Å²) in [5.41, 5.74) is 0.915. The number of aliphatic carboxylic acids is 1. The molecule has 5 heteroatoms. The fraction of sp³-hybridized carbons (Fsp3) is 0.417. The van der Waals surface area contributed by atoms with Crippen molar-refractivity contribution in [1.29, 1.82) is 0 Å². The monoisotopic (exact) mass is 272 g/mol. The maximum atomic E-state index is 10.4. The summed E-state index contributed by atoms with van der Waals surface area (Å²) in [7, 11) is 0. The first kappa shape index (κ1) is 14.3. The molecule has 0 spiro atoms.